The van der Waals surface area contributed by atoms with Crippen LogP contribution in [0.15, 0.2) is 89.3 Å². The molecule has 0 fully saturated rings. The summed E-state index contributed by atoms with van der Waals surface area (Å²) >= 11 is 0. The number of hydrogen-bond acceptors (Lipinski definition) is 4. The van der Waals surface area contributed by atoms with E-state index in [2.05, 4.69) is 9.68 Å². The van der Waals surface area contributed by atoms with E-state index in [1.165, 1.54) is 0 Å². The highest BCUT2D eigenvalue weighted by Gasteiger charge is 2.43. The topological polar surface area (TPSA) is 75.6 Å². The van der Waals surface area contributed by atoms with Crippen molar-refractivity contribution in [3.05, 3.63) is 107 Å². The zero-order valence-electron chi connectivity index (χ0n) is 16.2. The molecule has 3 aromatic rings. The third kappa shape index (κ3) is 4.43. The summed E-state index contributed by atoms with van der Waals surface area (Å²) in [6.07, 6.45) is 0. The Labute approximate surface area is 172 Å². The SMILES string of the molecule is Cc1ccc(C(N=S(=O)=O)(C(=O)NC(C)c2ccccc2)c2ccccc2)cc1. The predicted octanol–water partition coefficient (Wildman–Crippen LogP) is 4.18. The van der Waals surface area contributed by atoms with Crippen LogP contribution in [0.1, 0.15) is 35.2 Å². The van der Waals surface area contributed by atoms with Crippen LogP contribution in [0.25, 0.3) is 0 Å². The molecule has 0 saturated heterocycles. The van der Waals surface area contributed by atoms with Crippen LogP contribution in [0, 0.1) is 6.92 Å². The molecule has 1 N–H and O–H groups in total. The fourth-order valence-corrected chi connectivity index (χ4v) is 3.81. The maximum atomic E-state index is 13.6. The first kappa shape index (κ1) is 20.5. The summed E-state index contributed by atoms with van der Waals surface area (Å²) in [7, 11) is -2.81. The number of nitrogens with zero attached hydrogens (tertiary/aromatic N) is 1. The van der Waals surface area contributed by atoms with E-state index in [4.69, 9.17) is 0 Å². The number of benzene rings is 3. The molecule has 0 aromatic heterocycles. The number of aryl methyl sites for hydroxylation is 1. The standard InChI is InChI=1S/C23H22N2O3S/c1-17-13-15-21(16-14-17)23(25-29(27)28,20-11-7-4-8-12-20)22(26)24-18(2)19-9-5-3-6-10-19/h3-16,18H,1-2H3,(H,24,26). The van der Waals surface area contributed by atoms with E-state index in [1.807, 2.05) is 62.4 Å². The highest BCUT2D eigenvalue weighted by atomic mass is 32.2. The summed E-state index contributed by atoms with van der Waals surface area (Å²) in [5.41, 5.74) is 1.15. The highest BCUT2D eigenvalue weighted by Crippen LogP contribution is 2.35. The Hall–Kier alpha value is -3.25. The molecule has 3 aromatic carbocycles. The monoisotopic (exact) mass is 406 g/mol. The largest absolute Gasteiger partial charge is 0.347 e. The summed E-state index contributed by atoms with van der Waals surface area (Å²) in [6.45, 7) is 3.78. The minimum atomic E-state index is -2.81. The van der Waals surface area contributed by atoms with Gasteiger partial charge < -0.3 is 5.32 Å². The molecule has 5 nitrogen and oxygen atoms in total. The van der Waals surface area contributed by atoms with E-state index in [0.717, 1.165) is 11.1 Å². The lowest BCUT2D eigenvalue weighted by molar-refractivity contribution is -0.125. The smallest absolute Gasteiger partial charge is 0.312 e. The molecule has 2 atom stereocenters. The lowest BCUT2D eigenvalue weighted by Gasteiger charge is -2.29. The second-order valence-corrected chi connectivity index (χ2v) is 7.47. The number of rotatable bonds is 6. The molecule has 6 heteroatoms. The van der Waals surface area contributed by atoms with Gasteiger partial charge in [-0.3, -0.25) is 4.79 Å². The molecule has 29 heavy (non-hydrogen) atoms. The van der Waals surface area contributed by atoms with Gasteiger partial charge in [0.15, 0.2) is 0 Å². The molecule has 0 heterocycles. The Morgan fingerprint density at radius 3 is 1.93 bits per heavy atom. The molecule has 0 bridgehead atoms. The Balaban J connectivity index is 2.17. The Kier molecular flexibility index (Phi) is 6.24. The Morgan fingerprint density at radius 2 is 1.38 bits per heavy atom. The number of amides is 1. The maximum Gasteiger partial charge on any atom is 0.312 e. The van der Waals surface area contributed by atoms with Crippen LogP contribution in [-0.4, -0.2) is 14.3 Å². The quantitative estimate of drug-likeness (QED) is 0.667. The zero-order valence-corrected chi connectivity index (χ0v) is 17.1. The first-order valence-electron chi connectivity index (χ1n) is 9.24. The van der Waals surface area contributed by atoms with E-state index in [9.17, 15) is 13.2 Å². The van der Waals surface area contributed by atoms with E-state index < -0.39 is 21.9 Å². The van der Waals surface area contributed by atoms with Gasteiger partial charge in [-0.15, -0.1) is 4.36 Å². The highest BCUT2D eigenvalue weighted by molar-refractivity contribution is 7.61. The van der Waals surface area contributed by atoms with Crippen LogP contribution < -0.4 is 5.32 Å². The minimum absolute atomic E-state index is 0.326. The Bertz CT molecular complexity index is 1100. The van der Waals surface area contributed by atoms with Gasteiger partial charge in [0.25, 0.3) is 5.91 Å². The van der Waals surface area contributed by atoms with E-state index in [1.54, 1.807) is 36.4 Å². The van der Waals surface area contributed by atoms with Gasteiger partial charge in [-0.2, -0.15) is 8.42 Å². The van der Waals surface area contributed by atoms with E-state index in [0.29, 0.717) is 11.1 Å². The van der Waals surface area contributed by atoms with Gasteiger partial charge in [-0.25, -0.2) is 0 Å². The molecule has 0 aliphatic rings. The van der Waals surface area contributed by atoms with Crippen molar-refractivity contribution in [2.24, 2.45) is 4.36 Å². The lowest BCUT2D eigenvalue weighted by atomic mass is 9.82. The number of carbonyl (C=O) groups excluding carboxylic acids is 1. The fraction of sp³-hybridized carbons (Fsp3) is 0.174. The molecule has 3 rings (SSSR count). The van der Waals surface area contributed by atoms with Crippen LogP contribution in [0.4, 0.5) is 0 Å². The summed E-state index contributed by atoms with van der Waals surface area (Å²) < 4.78 is 27.4. The minimum Gasteiger partial charge on any atom is -0.347 e. The first-order valence-corrected chi connectivity index (χ1v) is 10.3. The van der Waals surface area contributed by atoms with Gasteiger partial charge in [-0.1, -0.05) is 90.5 Å². The van der Waals surface area contributed by atoms with Crippen molar-refractivity contribution >= 4 is 16.4 Å². The second-order valence-electron chi connectivity index (χ2n) is 6.86. The number of nitrogens with one attached hydrogen (secondary N) is 1. The van der Waals surface area contributed by atoms with Crippen molar-refractivity contribution in [3.8, 4) is 0 Å². The van der Waals surface area contributed by atoms with Crippen LogP contribution in [0.2, 0.25) is 0 Å². The van der Waals surface area contributed by atoms with Crippen molar-refractivity contribution < 1.29 is 13.2 Å². The summed E-state index contributed by atoms with van der Waals surface area (Å²) in [6, 6.07) is 25.1. The van der Waals surface area contributed by atoms with Crippen molar-refractivity contribution in [1.29, 1.82) is 0 Å². The van der Waals surface area contributed by atoms with Crippen molar-refractivity contribution in [3.63, 3.8) is 0 Å². The average molecular weight is 407 g/mol. The van der Waals surface area contributed by atoms with Gasteiger partial charge in [-0.05, 0) is 30.5 Å². The molecule has 1 amide bonds. The summed E-state index contributed by atoms with van der Waals surface area (Å²) in [4.78, 5) is 13.6. The summed E-state index contributed by atoms with van der Waals surface area (Å²) in [5, 5.41) is 2.95. The predicted molar refractivity (Wildman–Crippen MR) is 113 cm³/mol. The van der Waals surface area contributed by atoms with Gasteiger partial charge in [0.05, 0.1) is 6.04 Å². The van der Waals surface area contributed by atoms with Gasteiger partial charge in [0.1, 0.15) is 0 Å². The lowest BCUT2D eigenvalue weighted by Crippen LogP contribution is -2.45. The zero-order chi connectivity index (χ0) is 20.9. The maximum absolute atomic E-state index is 13.6. The molecule has 0 saturated carbocycles. The van der Waals surface area contributed by atoms with Crippen molar-refractivity contribution in [2.75, 3.05) is 0 Å². The molecule has 0 radical (unpaired) electrons. The molecule has 0 spiro atoms. The van der Waals surface area contributed by atoms with Crippen molar-refractivity contribution in [2.45, 2.75) is 25.4 Å². The molecule has 0 aliphatic heterocycles. The molecular formula is C23H22N2O3S. The molecule has 148 valence electrons. The van der Waals surface area contributed by atoms with Crippen molar-refractivity contribution in [1.82, 2.24) is 5.32 Å². The Morgan fingerprint density at radius 1 is 0.862 bits per heavy atom. The third-order valence-corrected chi connectivity index (χ3v) is 5.27. The first-order chi connectivity index (χ1) is 13.9. The second kappa shape index (κ2) is 8.84. The number of carbonyl (C=O) groups is 1. The summed E-state index contributed by atoms with van der Waals surface area (Å²) in [5.74, 6) is -0.506. The third-order valence-electron chi connectivity index (χ3n) is 4.85. The van der Waals surface area contributed by atoms with Gasteiger partial charge in [0.2, 0.25) is 5.54 Å². The normalized spacial score (nSPS) is 13.7. The van der Waals surface area contributed by atoms with Gasteiger partial charge in [0, 0.05) is 0 Å². The van der Waals surface area contributed by atoms with Crippen LogP contribution in [-0.2, 0) is 20.8 Å². The van der Waals surface area contributed by atoms with Crippen LogP contribution in [0.5, 0.6) is 0 Å². The fourth-order valence-electron chi connectivity index (χ4n) is 3.29. The molecule has 0 aliphatic carbocycles. The molecular weight excluding hydrogens is 384 g/mol. The van der Waals surface area contributed by atoms with E-state index >= 15 is 0 Å². The van der Waals surface area contributed by atoms with Crippen LogP contribution in [0.3, 0.4) is 0 Å². The van der Waals surface area contributed by atoms with Gasteiger partial charge >= 0.3 is 10.5 Å². The average Bonchev–Trinajstić information content (AvgIpc) is 2.73. The molecule has 2 unspecified atom stereocenters. The van der Waals surface area contributed by atoms with Crippen LogP contribution >= 0.6 is 0 Å². The van der Waals surface area contributed by atoms with E-state index in [-0.39, 0.29) is 6.04 Å². The number of hydrogen-bond donors (Lipinski definition) is 1.